The monoisotopic (exact) mass is 444 g/mol. The number of piperidine rings is 1. The van der Waals surface area contributed by atoms with Crippen molar-refractivity contribution in [2.45, 2.75) is 56.1 Å². The van der Waals surface area contributed by atoms with Crippen LogP contribution in [-0.2, 0) is 16.3 Å². The Kier molecular flexibility index (Phi) is 5.65. The molecule has 3 heterocycles. The molecule has 2 aliphatic heterocycles. The molecular formula is C24H32N2O4S. The zero-order valence-corrected chi connectivity index (χ0v) is 19.6. The molecule has 4 rings (SSSR count). The van der Waals surface area contributed by atoms with Crippen molar-refractivity contribution in [2.75, 3.05) is 25.9 Å². The Bertz CT molecular complexity index is 1050. The van der Waals surface area contributed by atoms with E-state index in [2.05, 4.69) is 22.9 Å². The van der Waals surface area contributed by atoms with Gasteiger partial charge in [-0.15, -0.1) is 0 Å². The van der Waals surface area contributed by atoms with Gasteiger partial charge in [0.2, 0.25) is 0 Å². The third-order valence-electron chi connectivity index (χ3n) is 6.47. The topological polar surface area (TPSA) is 79.7 Å². The van der Waals surface area contributed by atoms with Gasteiger partial charge in [-0.3, -0.25) is 4.98 Å². The van der Waals surface area contributed by atoms with Crippen LogP contribution in [0.4, 0.5) is 0 Å². The lowest BCUT2D eigenvalue weighted by molar-refractivity contribution is -0.0130. The summed E-state index contributed by atoms with van der Waals surface area (Å²) in [5, 5.41) is 10.1. The maximum Gasteiger partial charge on any atom is 0.175 e. The van der Waals surface area contributed by atoms with Crippen molar-refractivity contribution in [3.05, 3.63) is 42.1 Å². The Morgan fingerprint density at radius 2 is 1.87 bits per heavy atom. The van der Waals surface area contributed by atoms with Gasteiger partial charge in [0.05, 0.1) is 22.4 Å². The maximum absolute atomic E-state index is 11.7. The maximum atomic E-state index is 11.7. The van der Waals surface area contributed by atoms with E-state index < -0.39 is 15.4 Å². The minimum absolute atomic E-state index is 0.246. The number of fused-ring (bicyclic) bond motifs is 1. The van der Waals surface area contributed by atoms with Crippen LogP contribution in [0.15, 0.2) is 41.4 Å². The van der Waals surface area contributed by atoms with E-state index in [9.17, 15) is 13.5 Å². The second-order valence-corrected chi connectivity index (χ2v) is 11.9. The lowest BCUT2D eigenvalue weighted by Crippen LogP contribution is -2.49. The zero-order valence-electron chi connectivity index (χ0n) is 18.8. The molecule has 1 saturated heterocycles. The first-order valence-electron chi connectivity index (χ1n) is 10.9. The van der Waals surface area contributed by atoms with Gasteiger partial charge in [-0.05, 0) is 64.9 Å². The normalized spacial score (nSPS) is 22.9. The van der Waals surface area contributed by atoms with Gasteiger partial charge in [-0.1, -0.05) is 12.1 Å². The molecular weight excluding hydrogens is 412 g/mol. The van der Waals surface area contributed by atoms with Crippen LogP contribution in [0.25, 0.3) is 11.3 Å². The highest BCUT2D eigenvalue weighted by Crippen LogP contribution is 2.43. The van der Waals surface area contributed by atoms with Crippen LogP contribution < -0.4 is 4.74 Å². The first kappa shape index (κ1) is 22.2. The molecule has 0 radical (unpaired) electrons. The first-order chi connectivity index (χ1) is 14.4. The fourth-order valence-corrected chi connectivity index (χ4v) is 5.52. The second-order valence-electron chi connectivity index (χ2n) is 9.93. The molecule has 7 heteroatoms. The van der Waals surface area contributed by atoms with Crippen molar-refractivity contribution in [3.8, 4) is 17.0 Å². The predicted molar refractivity (Wildman–Crippen MR) is 121 cm³/mol. The highest BCUT2D eigenvalue weighted by Gasteiger charge is 2.43. The lowest BCUT2D eigenvalue weighted by atomic mass is 9.79. The molecule has 2 aromatic rings. The van der Waals surface area contributed by atoms with Crippen molar-refractivity contribution in [2.24, 2.45) is 5.92 Å². The summed E-state index contributed by atoms with van der Waals surface area (Å²) in [5.41, 5.74) is 1.95. The van der Waals surface area contributed by atoms with Crippen LogP contribution in [0.3, 0.4) is 0 Å². The van der Waals surface area contributed by atoms with E-state index in [4.69, 9.17) is 4.74 Å². The van der Waals surface area contributed by atoms with Crippen LogP contribution in [0.1, 0.15) is 39.2 Å². The van der Waals surface area contributed by atoms with Crippen molar-refractivity contribution >= 4 is 9.84 Å². The van der Waals surface area contributed by atoms with Gasteiger partial charge >= 0.3 is 0 Å². The van der Waals surface area contributed by atoms with Crippen molar-refractivity contribution in [1.82, 2.24) is 9.88 Å². The molecule has 31 heavy (non-hydrogen) atoms. The Hall–Kier alpha value is -1.96. The Balaban J connectivity index is 1.46. The molecule has 1 N–H and O–H groups in total. The van der Waals surface area contributed by atoms with Gasteiger partial charge in [0.1, 0.15) is 11.4 Å². The number of aliphatic hydroxyl groups is 1. The summed E-state index contributed by atoms with van der Waals surface area (Å²) in [6.07, 6.45) is 5.95. The van der Waals surface area contributed by atoms with E-state index >= 15 is 0 Å². The van der Waals surface area contributed by atoms with Gasteiger partial charge in [0.15, 0.2) is 9.84 Å². The van der Waals surface area contributed by atoms with Crippen molar-refractivity contribution < 1.29 is 18.3 Å². The number of aromatic nitrogens is 1. The first-order valence-corrected chi connectivity index (χ1v) is 12.8. The number of rotatable bonds is 5. The average molecular weight is 445 g/mol. The molecule has 0 bridgehead atoms. The number of nitrogens with zero attached hydrogens (tertiary/aromatic N) is 2. The summed E-state index contributed by atoms with van der Waals surface area (Å²) >= 11 is 0. The molecule has 1 aromatic heterocycles. The van der Waals surface area contributed by atoms with Crippen LogP contribution in [0.5, 0.6) is 5.75 Å². The molecule has 0 amide bonds. The van der Waals surface area contributed by atoms with Crippen LogP contribution >= 0.6 is 0 Å². The van der Waals surface area contributed by atoms with Gasteiger partial charge < -0.3 is 14.7 Å². The molecule has 0 unspecified atom stereocenters. The molecule has 6 nitrogen and oxygen atoms in total. The summed E-state index contributed by atoms with van der Waals surface area (Å²) in [6, 6.07) is 8.93. The average Bonchev–Trinajstić information content (AvgIpc) is 3.03. The smallest absolute Gasteiger partial charge is 0.175 e. The molecule has 1 atom stereocenters. The lowest BCUT2D eigenvalue weighted by Gasteiger charge is -2.41. The molecule has 1 aromatic carbocycles. The van der Waals surface area contributed by atoms with Crippen molar-refractivity contribution in [1.29, 1.82) is 0 Å². The summed E-state index contributed by atoms with van der Waals surface area (Å²) in [5.74, 6) is 1.30. The number of ether oxygens (including phenoxy) is 1. The number of β-amino-alcohol motifs (C(OH)–C–C–N with tert-alkyl or cyclic N) is 1. The summed E-state index contributed by atoms with van der Waals surface area (Å²) in [6.45, 7) is 8.56. The highest BCUT2D eigenvalue weighted by atomic mass is 32.2. The number of pyridine rings is 1. The Labute approximate surface area is 185 Å². The van der Waals surface area contributed by atoms with Gasteiger partial charge in [0.25, 0.3) is 0 Å². The van der Waals surface area contributed by atoms with E-state index in [-0.39, 0.29) is 5.60 Å². The molecule has 1 fully saturated rings. The number of hydrogen-bond donors (Lipinski definition) is 1. The third kappa shape index (κ3) is 4.94. The largest absolute Gasteiger partial charge is 0.485 e. The minimum atomic E-state index is -3.21. The SMILES string of the molecule is CC(C)(O)CN1CCC([C@]2(C)Cc3cc(-c4ccc(S(C)(=O)=O)cc4)ncc3O2)CC1. The second kappa shape index (κ2) is 7.87. The van der Waals surface area contributed by atoms with Crippen molar-refractivity contribution in [3.63, 3.8) is 0 Å². The molecule has 168 valence electrons. The van der Waals surface area contributed by atoms with E-state index in [0.717, 1.165) is 54.9 Å². The van der Waals surface area contributed by atoms with E-state index in [1.165, 1.54) is 6.26 Å². The number of benzene rings is 1. The fourth-order valence-electron chi connectivity index (χ4n) is 4.89. The number of likely N-dealkylation sites (tertiary alicyclic amines) is 1. The van der Waals surface area contributed by atoms with Crippen LogP contribution in [0, 0.1) is 5.92 Å². The molecule has 0 spiro atoms. The van der Waals surface area contributed by atoms with Gasteiger partial charge in [-0.2, -0.15) is 0 Å². The molecule has 0 aliphatic carbocycles. The summed E-state index contributed by atoms with van der Waals surface area (Å²) < 4.78 is 29.8. The van der Waals surface area contributed by atoms with Gasteiger partial charge in [-0.25, -0.2) is 8.42 Å². The highest BCUT2D eigenvalue weighted by molar-refractivity contribution is 7.90. The van der Waals surface area contributed by atoms with Crippen LogP contribution in [-0.4, -0.2) is 60.5 Å². The fraction of sp³-hybridized carbons (Fsp3) is 0.542. The Morgan fingerprint density at radius 1 is 1.23 bits per heavy atom. The van der Waals surface area contributed by atoms with E-state index in [1.54, 1.807) is 30.5 Å². The third-order valence-corrected chi connectivity index (χ3v) is 7.60. The molecule has 2 aliphatic rings. The summed E-state index contributed by atoms with van der Waals surface area (Å²) in [7, 11) is -3.21. The van der Waals surface area contributed by atoms with Crippen LogP contribution in [0.2, 0.25) is 0 Å². The van der Waals surface area contributed by atoms with E-state index in [0.29, 0.717) is 17.4 Å². The van der Waals surface area contributed by atoms with Gasteiger partial charge in [0, 0.05) is 36.3 Å². The Morgan fingerprint density at radius 3 is 2.45 bits per heavy atom. The number of hydrogen-bond acceptors (Lipinski definition) is 6. The summed E-state index contributed by atoms with van der Waals surface area (Å²) in [4.78, 5) is 7.21. The predicted octanol–water partition coefficient (Wildman–Crippen LogP) is 3.33. The standard InChI is InChI=1S/C24H32N2O4S/c1-23(2,27)16-26-11-9-19(10-12-26)24(3)14-18-13-21(25-15-22(18)30-24)17-5-7-20(8-6-17)31(4,28)29/h5-8,13,15,19,27H,9-12,14,16H2,1-4H3/t24-/m0/s1. The minimum Gasteiger partial charge on any atom is -0.485 e. The zero-order chi connectivity index (χ0) is 22.4. The molecule has 0 saturated carbocycles. The number of sulfone groups is 1. The van der Waals surface area contributed by atoms with E-state index in [1.807, 2.05) is 13.8 Å². The quantitative estimate of drug-likeness (QED) is 0.762.